The standard InChI is InChI=1S/C17H27N3O4/c1-17(2,3)24-16(22)20-10-6-9-19-13-7-5-8-14(11-13)23-12-15(21)18-4/h5,7-8,11,19H,6,9-10,12H2,1-4H3,(H,18,21)(H,20,22). The molecule has 0 fully saturated rings. The molecule has 0 unspecified atom stereocenters. The van der Waals surface area contributed by atoms with Crippen LogP contribution in [0.2, 0.25) is 0 Å². The molecule has 7 nitrogen and oxygen atoms in total. The van der Waals surface area contributed by atoms with E-state index in [0.717, 1.165) is 12.1 Å². The lowest BCUT2D eigenvalue weighted by molar-refractivity contribution is -0.122. The van der Waals surface area contributed by atoms with Gasteiger partial charge >= 0.3 is 6.09 Å². The van der Waals surface area contributed by atoms with Crippen molar-refractivity contribution in [2.75, 3.05) is 32.1 Å². The number of hydrogen-bond acceptors (Lipinski definition) is 5. The second-order valence-electron chi connectivity index (χ2n) is 6.20. The fourth-order valence-corrected chi connectivity index (χ4v) is 1.74. The van der Waals surface area contributed by atoms with Crippen molar-refractivity contribution in [1.29, 1.82) is 0 Å². The highest BCUT2D eigenvalue weighted by molar-refractivity contribution is 5.77. The van der Waals surface area contributed by atoms with Gasteiger partial charge in [-0.1, -0.05) is 6.07 Å². The minimum Gasteiger partial charge on any atom is -0.484 e. The molecule has 1 aromatic rings. The first-order chi connectivity index (χ1) is 11.3. The van der Waals surface area contributed by atoms with Gasteiger partial charge in [-0.2, -0.15) is 0 Å². The molecule has 0 aromatic heterocycles. The van der Waals surface area contributed by atoms with Gasteiger partial charge in [-0.25, -0.2) is 4.79 Å². The van der Waals surface area contributed by atoms with Crippen LogP contribution in [0.1, 0.15) is 27.2 Å². The zero-order chi connectivity index (χ0) is 18.0. The monoisotopic (exact) mass is 337 g/mol. The van der Waals surface area contributed by atoms with Gasteiger partial charge in [-0.3, -0.25) is 4.79 Å². The molecule has 2 amide bonds. The molecular weight excluding hydrogens is 310 g/mol. The van der Waals surface area contributed by atoms with Crippen molar-refractivity contribution in [3.05, 3.63) is 24.3 Å². The van der Waals surface area contributed by atoms with E-state index in [1.54, 1.807) is 13.1 Å². The van der Waals surface area contributed by atoms with E-state index in [1.807, 2.05) is 39.0 Å². The molecule has 0 atom stereocenters. The Kier molecular flexibility index (Phi) is 7.88. The molecule has 0 aliphatic carbocycles. The van der Waals surface area contributed by atoms with Crippen molar-refractivity contribution >= 4 is 17.7 Å². The zero-order valence-electron chi connectivity index (χ0n) is 14.8. The number of alkyl carbamates (subject to hydrolysis) is 1. The van der Waals surface area contributed by atoms with Gasteiger partial charge in [0.1, 0.15) is 11.4 Å². The average Bonchev–Trinajstić information content (AvgIpc) is 2.51. The Labute approximate surface area is 143 Å². The van der Waals surface area contributed by atoms with Crippen LogP contribution in [0.25, 0.3) is 0 Å². The highest BCUT2D eigenvalue weighted by Gasteiger charge is 2.15. The normalized spacial score (nSPS) is 10.7. The van der Waals surface area contributed by atoms with E-state index in [1.165, 1.54) is 0 Å². The highest BCUT2D eigenvalue weighted by Crippen LogP contribution is 2.17. The molecule has 7 heteroatoms. The fourth-order valence-electron chi connectivity index (χ4n) is 1.74. The first kappa shape index (κ1) is 19.6. The smallest absolute Gasteiger partial charge is 0.407 e. The van der Waals surface area contributed by atoms with Crippen molar-refractivity contribution in [3.8, 4) is 5.75 Å². The molecule has 24 heavy (non-hydrogen) atoms. The summed E-state index contributed by atoms with van der Waals surface area (Å²) < 4.78 is 10.5. The van der Waals surface area contributed by atoms with Gasteiger partial charge in [0.15, 0.2) is 6.61 Å². The number of hydrogen-bond donors (Lipinski definition) is 3. The van der Waals surface area contributed by atoms with Gasteiger partial charge in [-0.15, -0.1) is 0 Å². The predicted octanol–water partition coefficient (Wildman–Crippen LogP) is 2.14. The first-order valence-corrected chi connectivity index (χ1v) is 7.94. The molecule has 0 heterocycles. The maximum atomic E-state index is 11.5. The average molecular weight is 337 g/mol. The SMILES string of the molecule is CNC(=O)COc1cccc(NCCCNC(=O)OC(C)(C)C)c1. The first-order valence-electron chi connectivity index (χ1n) is 7.94. The Bertz CT molecular complexity index is 541. The van der Waals surface area contributed by atoms with Gasteiger partial charge in [-0.05, 0) is 39.3 Å². The number of nitrogens with one attached hydrogen (secondary N) is 3. The number of anilines is 1. The molecule has 0 spiro atoms. The van der Waals surface area contributed by atoms with E-state index in [0.29, 0.717) is 18.8 Å². The summed E-state index contributed by atoms with van der Waals surface area (Å²) >= 11 is 0. The Morgan fingerprint density at radius 2 is 1.92 bits per heavy atom. The van der Waals surface area contributed by atoms with Crippen LogP contribution in [-0.2, 0) is 9.53 Å². The molecule has 0 saturated carbocycles. The molecule has 0 saturated heterocycles. The van der Waals surface area contributed by atoms with Crippen LogP contribution < -0.4 is 20.7 Å². The van der Waals surface area contributed by atoms with E-state index in [9.17, 15) is 9.59 Å². The van der Waals surface area contributed by atoms with Crippen LogP contribution in [-0.4, -0.2) is 44.3 Å². The van der Waals surface area contributed by atoms with Crippen molar-refractivity contribution in [1.82, 2.24) is 10.6 Å². The van der Waals surface area contributed by atoms with Gasteiger partial charge < -0.3 is 25.4 Å². The molecule has 1 aromatic carbocycles. The van der Waals surface area contributed by atoms with Gasteiger partial charge in [0.05, 0.1) is 0 Å². The number of benzene rings is 1. The summed E-state index contributed by atoms with van der Waals surface area (Å²) in [6, 6.07) is 7.37. The lowest BCUT2D eigenvalue weighted by atomic mass is 10.2. The minimum absolute atomic E-state index is 0.0141. The summed E-state index contributed by atoms with van der Waals surface area (Å²) in [5, 5.41) is 8.44. The lowest BCUT2D eigenvalue weighted by Crippen LogP contribution is -2.33. The molecule has 0 aliphatic rings. The Balaban J connectivity index is 2.25. The summed E-state index contributed by atoms with van der Waals surface area (Å²) in [6.07, 6.45) is 0.342. The van der Waals surface area contributed by atoms with E-state index in [2.05, 4.69) is 16.0 Å². The molecule has 134 valence electrons. The van der Waals surface area contributed by atoms with Crippen LogP contribution in [0.5, 0.6) is 5.75 Å². The van der Waals surface area contributed by atoms with Crippen LogP contribution in [0.4, 0.5) is 10.5 Å². The topological polar surface area (TPSA) is 88.7 Å². The molecule has 0 radical (unpaired) electrons. The van der Waals surface area contributed by atoms with E-state index >= 15 is 0 Å². The van der Waals surface area contributed by atoms with E-state index in [-0.39, 0.29) is 12.5 Å². The van der Waals surface area contributed by atoms with Crippen molar-refractivity contribution in [3.63, 3.8) is 0 Å². The summed E-state index contributed by atoms with van der Waals surface area (Å²) in [6.45, 7) is 6.68. The number of ether oxygens (including phenoxy) is 2. The van der Waals surface area contributed by atoms with Gasteiger partial charge in [0.2, 0.25) is 0 Å². The largest absolute Gasteiger partial charge is 0.484 e. The fraction of sp³-hybridized carbons (Fsp3) is 0.529. The third kappa shape index (κ3) is 8.87. The highest BCUT2D eigenvalue weighted by atomic mass is 16.6. The minimum atomic E-state index is -0.489. The van der Waals surface area contributed by atoms with E-state index in [4.69, 9.17) is 9.47 Å². The van der Waals surface area contributed by atoms with E-state index < -0.39 is 11.7 Å². The van der Waals surface area contributed by atoms with Crippen LogP contribution in [0, 0.1) is 0 Å². The Morgan fingerprint density at radius 3 is 2.58 bits per heavy atom. The van der Waals surface area contributed by atoms with Gasteiger partial charge in [0.25, 0.3) is 5.91 Å². The summed E-state index contributed by atoms with van der Waals surface area (Å²) in [5.74, 6) is 0.442. The van der Waals surface area contributed by atoms with Gasteiger partial charge in [0, 0.05) is 31.9 Å². The van der Waals surface area contributed by atoms with Crippen LogP contribution in [0.3, 0.4) is 0 Å². The van der Waals surface area contributed by atoms with Crippen molar-refractivity contribution in [2.24, 2.45) is 0 Å². The molecule has 3 N–H and O–H groups in total. The molecular formula is C17H27N3O4. The molecule has 1 rings (SSSR count). The Hall–Kier alpha value is -2.44. The number of carbonyl (C=O) groups is 2. The Morgan fingerprint density at radius 1 is 1.17 bits per heavy atom. The second kappa shape index (κ2) is 9.64. The number of carbonyl (C=O) groups excluding carboxylic acids is 2. The van der Waals surface area contributed by atoms with Crippen molar-refractivity contribution in [2.45, 2.75) is 32.8 Å². The molecule has 0 bridgehead atoms. The maximum absolute atomic E-state index is 11.5. The van der Waals surface area contributed by atoms with Crippen molar-refractivity contribution < 1.29 is 19.1 Å². The summed E-state index contributed by atoms with van der Waals surface area (Å²) in [7, 11) is 1.56. The third-order valence-corrected chi connectivity index (χ3v) is 2.83. The zero-order valence-corrected chi connectivity index (χ0v) is 14.8. The van der Waals surface area contributed by atoms with Crippen LogP contribution in [0.15, 0.2) is 24.3 Å². The second-order valence-corrected chi connectivity index (χ2v) is 6.20. The molecule has 0 aliphatic heterocycles. The number of rotatable bonds is 8. The predicted molar refractivity (Wildman–Crippen MR) is 93.3 cm³/mol. The maximum Gasteiger partial charge on any atom is 0.407 e. The summed E-state index contributed by atoms with van der Waals surface area (Å²) in [4.78, 5) is 22.6. The lowest BCUT2D eigenvalue weighted by Gasteiger charge is -2.19. The summed E-state index contributed by atoms with van der Waals surface area (Å²) in [5.41, 5.74) is 0.402. The quantitative estimate of drug-likeness (QED) is 0.633. The number of amides is 2. The third-order valence-electron chi connectivity index (χ3n) is 2.83. The number of likely N-dealkylation sites (N-methyl/N-ethyl adjacent to an activating group) is 1. The van der Waals surface area contributed by atoms with Crippen LogP contribution >= 0.6 is 0 Å².